The Morgan fingerprint density at radius 2 is 1.92 bits per heavy atom. The summed E-state index contributed by atoms with van der Waals surface area (Å²) in [4.78, 5) is 36.2. The van der Waals surface area contributed by atoms with Crippen molar-refractivity contribution in [3.63, 3.8) is 0 Å². The molecule has 0 fully saturated rings. The zero-order valence-electron chi connectivity index (χ0n) is 14.0. The number of para-hydroxylation sites is 2. The third-order valence-corrected chi connectivity index (χ3v) is 4.00. The molecule has 0 saturated carbocycles. The second-order valence-electron chi connectivity index (χ2n) is 5.82. The monoisotopic (exact) mass is 355 g/mol. The highest BCUT2D eigenvalue weighted by Crippen LogP contribution is 2.33. The van der Waals surface area contributed by atoms with E-state index in [2.05, 4.69) is 5.32 Å². The van der Waals surface area contributed by atoms with E-state index in [1.165, 1.54) is 24.3 Å². The molecule has 0 aromatic heterocycles. The van der Waals surface area contributed by atoms with Gasteiger partial charge in [0.2, 0.25) is 5.91 Å². The predicted octanol–water partition coefficient (Wildman–Crippen LogP) is 2.74. The van der Waals surface area contributed by atoms with Crippen molar-refractivity contribution in [2.75, 3.05) is 16.8 Å². The molecule has 26 heavy (non-hydrogen) atoms. The molecular formula is C18H17N3O5. The van der Waals surface area contributed by atoms with Gasteiger partial charge in [-0.2, -0.15) is 0 Å². The van der Waals surface area contributed by atoms with Crippen LogP contribution < -0.4 is 15.0 Å². The van der Waals surface area contributed by atoms with Gasteiger partial charge in [-0.3, -0.25) is 19.7 Å². The van der Waals surface area contributed by atoms with Gasteiger partial charge in [0, 0.05) is 30.8 Å². The average molecular weight is 355 g/mol. The second kappa shape index (κ2) is 7.22. The average Bonchev–Trinajstić information content (AvgIpc) is 2.62. The number of nitro groups is 1. The van der Waals surface area contributed by atoms with E-state index in [4.69, 9.17) is 4.74 Å². The number of hydrogen-bond donors (Lipinski definition) is 1. The van der Waals surface area contributed by atoms with Gasteiger partial charge in [0.25, 0.3) is 11.6 Å². The van der Waals surface area contributed by atoms with E-state index in [1.54, 1.807) is 30.0 Å². The van der Waals surface area contributed by atoms with Crippen molar-refractivity contribution in [1.82, 2.24) is 0 Å². The van der Waals surface area contributed by atoms with Crippen LogP contribution in [0.2, 0.25) is 0 Å². The van der Waals surface area contributed by atoms with Crippen molar-refractivity contribution in [2.24, 2.45) is 0 Å². The summed E-state index contributed by atoms with van der Waals surface area (Å²) in [6.07, 6.45) is -0.522. The van der Waals surface area contributed by atoms with E-state index in [9.17, 15) is 19.7 Å². The number of nitro benzene ring substituents is 1. The van der Waals surface area contributed by atoms with Crippen molar-refractivity contribution >= 4 is 28.9 Å². The number of nitrogens with one attached hydrogen (secondary N) is 1. The number of nitrogens with zero attached hydrogens (tertiary/aromatic N) is 2. The Labute approximate surface area is 149 Å². The number of rotatable bonds is 5. The van der Waals surface area contributed by atoms with Gasteiger partial charge in [0.05, 0.1) is 10.6 Å². The summed E-state index contributed by atoms with van der Waals surface area (Å²) < 4.78 is 5.56. The number of non-ortho nitro benzene ring substituents is 1. The summed E-state index contributed by atoms with van der Waals surface area (Å²) in [7, 11) is 0. The maximum atomic E-state index is 12.4. The lowest BCUT2D eigenvalue weighted by atomic mass is 10.1. The molecule has 0 aliphatic carbocycles. The number of amides is 2. The van der Waals surface area contributed by atoms with Crippen LogP contribution in [0.3, 0.4) is 0 Å². The first-order valence-electron chi connectivity index (χ1n) is 8.07. The third-order valence-electron chi connectivity index (χ3n) is 4.00. The van der Waals surface area contributed by atoms with Crippen molar-refractivity contribution in [1.29, 1.82) is 0 Å². The molecule has 2 amide bonds. The minimum absolute atomic E-state index is 0.0486. The molecule has 0 spiro atoms. The van der Waals surface area contributed by atoms with Gasteiger partial charge < -0.3 is 15.0 Å². The van der Waals surface area contributed by atoms with Crippen molar-refractivity contribution in [2.45, 2.75) is 19.4 Å². The number of benzene rings is 2. The van der Waals surface area contributed by atoms with E-state index in [-0.39, 0.29) is 30.5 Å². The topological polar surface area (TPSA) is 102 Å². The molecule has 0 saturated heterocycles. The lowest BCUT2D eigenvalue weighted by molar-refractivity contribution is -0.384. The zero-order valence-corrected chi connectivity index (χ0v) is 14.0. The third kappa shape index (κ3) is 3.64. The van der Waals surface area contributed by atoms with E-state index in [0.29, 0.717) is 17.1 Å². The number of hydrogen-bond acceptors (Lipinski definition) is 5. The predicted molar refractivity (Wildman–Crippen MR) is 95.2 cm³/mol. The summed E-state index contributed by atoms with van der Waals surface area (Å²) in [5, 5.41) is 13.3. The van der Waals surface area contributed by atoms with E-state index in [0.717, 1.165) is 0 Å². The molecule has 1 heterocycles. The summed E-state index contributed by atoms with van der Waals surface area (Å²) in [5.41, 5.74) is 1.05. The SMILES string of the molecule is CC1Oc2ccccc2N(CCC(=O)Nc2ccc([N+](=O)[O-])cc2)C1=O. The van der Waals surface area contributed by atoms with Crippen LogP contribution in [0.25, 0.3) is 0 Å². The van der Waals surface area contributed by atoms with Crippen LogP contribution in [0.4, 0.5) is 17.1 Å². The van der Waals surface area contributed by atoms with Crippen molar-refractivity contribution < 1.29 is 19.2 Å². The standard InChI is InChI=1S/C18H17N3O5/c1-12-18(23)20(15-4-2-3-5-16(15)26-12)11-10-17(22)19-13-6-8-14(9-7-13)21(24)25/h2-9,12H,10-11H2,1H3,(H,19,22). The molecule has 8 heteroatoms. The first kappa shape index (κ1) is 17.4. The van der Waals surface area contributed by atoms with Gasteiger partial charge in [-0.05, 0) is 31.2 Å². The smallest absolute Gasteiger partial charge is 0.269 e. The van der Waals surface area contributed by atoms with Crippen LogP contribution in [-0.2, 0) is 9.59 Å². The molecule has 1 atom stereocenters. The van der Waals surface area contributed by atoms with Gasteiger partial charge in [-0.1, -0.05) is 12.1 Å². The van der Waals surface area contributed by atoms with E-state index >= 15 is 0 Å². The molecular weight excluding hydrogens is 338 g/mol. The first-order valence-corrected chi connectivity index (χ1v) is 8.07. The highest BCUT2D eigenvalue weighted by Gasteiger charge is 2.31. The minimum atomic E-state index is -0.609. The Balaban J connectivity index is 1.64. The van der Waals surface area contributed by atoms with Crippen LogP contribution in [0.15, 0.2) is 48.5 Å². The molecule has 0 bridgehead atoms. The molecule has 1 N–H and O–H groups in total. The van der Waals surface area contributed by atoms with E-state index in [1.807, 2.05) is 6.07 Å². The Morgan fingerprint density at radius 1 is 1.23 bits per heavy atom. The van der Waals surface area contributed by atoms with Crippen LogP contribution in [0.5, 0.6) is 5.75 Å². The molecule has 0 radical (unpaired) electrons. The first-order chi connectivity index (χ1) is 12.5. The van der Waals surface area contributed by atoms with Gasteiger partial charge in [0.15, 0.2) is 6.10 Å². The summed E-state index contributed by atoms with van der Waals surface area (Å²) >= 11 is 0. The number of anilines is 2. The Hall–Kier alpha value is -3.42. The van der Waals surface area contributed by atoms with Gasteiger partial charge >= 0.3 is 0 Å². The molecule has 8 nitrogen and oxygen atoms in total. The molecule has 1 aliphatic rings. The largest absolute Gasteiger partial charge is 0.479 e. The number of ether oxygens (including phenoxy) is 1. The van der Waals surface area contributed by atoms with Crippen molar-refractivity contribution in [3.05, 3.63) is 58.6 Å². The van der Waals surface area contributed by atoms with Gasteiger partial charge in [-0.25, -0.2) is 0 Å². The molecule has 134 valence electrons. The quantitative estimate of drug-likeness (QED) is 0.656. The maximum absolute atomic E-state index is 12.4. The van der Waals surface area contributed by atoms with Crippen molar-refractivity contribution in [3.8, 4) is 5.75 Å². The molecule has 2 aromatic rings. The summed E-state index contributed by atoms with van der Waals surface area (Å²) in [5.74, 6) is 0.116. The Morgan fingerprint density at radius 3 is 2.62 bits per heavy atom. The van der Waals surface area contributed by atoms with E-state index < -0.39 is 11.0 Å². The molecule has 1 unspecified atom stereocenters. The number of carbonyl (C=O) groups is 2. The fourth-order valence-corrected chi connectivity index (χ4v) is 2.69. The fourth-order valence-electron chi connectivity index (χ4n) is 2.69. The van der Waals surface area contributed by atoms with Gasteiger partial charge in [-0.15, -0.1) is 0 Å². The number of carbonyl (C=O) groups excluding carboxylic acids is 2. The summed E-state index contributed by atoms with van der Waals surface area (Å²) in [6.45, 7) is 1.88. The minimum Gasteiger partial charge on any atom is -0.479 e. The Bertz CT molecular complexity index is 850. The lowest BCUT2D eigenvalue weighted by Crippen LogP contribution is -2.45. The lowest BCUT2D eigenvalue weighted by Gasteiger charge is -2.32. The normalized spacial score (nSPS) is 15.8. The number of fused-ring (bicyclic) bond motifs is 1. The molecule has 1 aliphatic heterocycles. The van der Waals surface area contributed by atoms with Crippen LogP contribution in [-0.4, -0.2) is 29.4 Å². The van der Waals surface area contributed by atoms with Crippen LogP contribution in [0.1, 0.15) is 13.3 Å². The van der Waals surface area contributed by atoms with Crippen LogP contribution >= 0.6 is 0 Å². The maximum Gasteiger partial charge on any atom is 0.269 e. The van der Waals surface area contributed by atoms with Crippen LogP contribution in [0, 0.1) is 10.1 Å². The summed E-state index contributed by atoms with van der Waals surface area (Å²) in [6, 6.07) is 12.7. The zero-order chi connectivity index (χ0) is 18.7. The highest BCUT2D eigenvalue weighted by molar-refractivity contribution is 6.00. The fraction of sp³-hybridized carbons (Fsp3) is 0.222. The second-order valence-corrected chi connectivity index (χ2v) is 5.82. The molecule has 3 rings (SSSR count). The van der Waals surface area contributed by atoms with Gasteiger partial charge in [0.1, 0.15) is 5.75 Å². The molecule has 2 aromatic carbocycles. The highest BCUT2D eigenvalue weighted by atomic mass is 16.6. The Kier molecular flexibility index (Phi) is 4.83.